The van der Waals surface area contributed by atoms with Crippen molar-refractivity contribution in [2.75, 3.05) is 0 Å². The number of fused-ring (bicyclic) bond motifs is 23. The molecule has 0 unspecified atom stereocenters. The first kappa shape index (κ1) is 82.8. The molecule has 0 N–H and O–H groups in total. The normalized spacial score (nSPS) is 11.6. The minimum absolute atomic E-state index is 0.524. The van der Waals surface area contributed by atoms with Gasteiger partial charge in [0, 0.05) is 89.2 Å². The van der Waals surface area contributed by atoms with Crippen molar-refractivity contribution in [1.82, 2.24) is 73.5 Å². The Balaban J connectivity index is 0.000000107. The van der Waals surface area contributed by atoms with E-state index in [0.29, 0.717) is 58.1 Å². The molecular weight excluding hydrogens is 1750 g/mol. The second kappa shape index (κ2) is 34.9. The maximum Gasteiger partial charge on any atom is 0.182 e. The van der Waals surface area contributed by atoms with Crippen LogP contribution in [0, 0.1) is 0 Å². The van der Waals surface area contributed by atoms with Crippen LogP contribution >= 0.6 is 0 Å². The average Bonchev–Trinajstić information content (AvgIpc) is 1.57. The molecule has 29 aromatic rings. The fraction of sp³-hybridized carbons (Fsp3) is 0. The summed E-state index contributed by atoms with van der Waals surface area (Å²) >= 11 is 0. The summed E-state index contributed by atoms with van der Waals surface area (Å²) in [5.74, 6) is 6.18. The van der Waals surface area contributed by atoms with E-state index in [2.05, 4.69) is 335 Å². The van der Waals surface area contributed by atoms with Crippen LogP contribution in [0.1, 0.15) is 0 Å². The fourth-order valence-electron chi connectivity index (χ4n) is 20.7. The van der Waals surface area contributed by atoms with Gasteiger partial charge in [0.25, 0.3) is 0 Å². The number of rotatable bonds is 12. The molecule has 0 aliphatic heterocycles. The molecule has 9 heterocycles. The second-order valence-electron chi connectivity index (χ2n) is 35.8. The molecule has 0 atom stereocenters. The van der Waals surface area contributed by atoms with Gasteiger partial charge in [-0.2, -0.15) is 0 Å². The highest BCUT2D eigenvalue weighted by molar-refractivity contribution is 6.31. The SMILES string of the molecule is c1ccc(-c2nc(-c3ccc4ccccc4c3)nc(-c3cccc(-n4c5ccc6ccccc6c5c5c6ccccc6ccc54)n3)n2)cc1.c1ccc(-c2nc(-c3ccccc3)nc(-c3cncc(-n4c5ccc6ccccc6c5c5c6ccccc6ccc54)c3)n2)cc1.c1ccc(-c2nc(-c3cncc(-n4c5ccc6ccccc6c5c5c6ccccc6ccc54)c3)nc(-c3ccc4ccccc4c3)n2)cc1. The largest absolute Gasteiger partial charge is 0.308 e. The lowest BCUT2D eigenvalue weighted by atomic mass is 10.00. The van der Waals surface area contributed by atoms with Crippen LogP contribution in [0.5, 0.6) is 0 Å². The molecule has 15 heteroatoms. The fourth-order valence-corrected chi connectivity index (χ4v) is 20.7. The summed E-state index contributed by atoms with van der Waals surface area (Å²) in [5.41, 5.74) is 16.5. The first-order valence-electron chi connectivity index (χ1n) is 47.8. The van der Waals surface area contributed by atoms with Crippen LogP contribution in [0.3, 0.4) is 0 Å². The lowest BCUT2D eigenvalue weighted by Gasteiger charge is -2.11. The first-order chi connectivity index (χ1) is 70.9. The Hall–Kier alpha value is -19.6. The van der Waals surface area contributed by atoms with Crippen LogP contribution in [-0.4, -0.2) is 73.5 Å². The van der Waals surface area contributed by atoms with Gasteiger partial charge < -0.3 is 9.13 Å². The second-order valence-corrected chi connectivity index (χ2v) is 35.8. The number of hydrogen-bond acceptors (Lipinski definition) is 12. The molecule has 666 valence electrons. The molecule has 0 spiro atoms. The molecule has 0 amide bonds. The molecule has 15 nitrogen and oxygen atoms in total. The van der Waals surface area contributed by atoms with Gasteiger partial charge in [-0.25, -0.2) is 49.8 Å². The van der Waals surface area contributed by atoms with Gasteiger partial charge in [0.1, 0.15) is 11.5 Å². The van der Waals surface area contributed by atoms with E-state index < -0.39 is 0 Å². The van der Waals surface area contributed by atoms with Crippen LogP contribution < -0.4 is 0 Å². The smallest absolute Gasteiger partial charge is 0.182 e. The number of nitrogens with zero attached hydrogens (tertiary/aromatic N) is 15. The molecule has 0 bridgehead atoms. The molecular formula is C128H79N15. The summed E-state index contributed by atoms with van der Waals surface area (Å²) in [5, 5.41) is 26.7. The Labute approximate surface area is 819 Å². The van der Waals surface area contributed by atoms with Gasteiger partial charge in [-0.1, -0.05) is 382 Å². The van der Waals surface area contributed by atoms with E-state index in [1.807, 2.05) is 158 Å². The number of pyridine rings is 3. The highest BCUT2D eigenvalue weighted by atomic mass is 15.1. The van der Waals surface area contributed by atoms with Crippen molar-refractivity contribution in [3.8, 4) is 120 Å². The Morgan fingerprint density at radius 3 is 0.678 bits per heavy atom. The van der Waals surface area contributed by atoms with Gasteiger partial charge in [-0.3, -0.25) is 14.5 Å². The highest BCUT2D eigenvalue weighted by Crippen LogP contribution is 2.46. The molecule has 29 rings (SSSR count). The van der Waals surface area contributed by atoms with Crippen molar-refractivity contribution in [1.29, 1.82) is 0 Å². The van der Waals surface area contributed by atoms with E-state index in [4.69, 9.17) is 59.8 Å². The van der Waals surface area contributed by atoms with Gasteiger partial charge in [0.15, 0.2) is 52.4 Å². The zero-order chi connectivity index (χ0) is 94.4. The summed E-state index contributed by atoms with van der Waals surface area (Å²) in [6, 6.07) is 158. The summed E-state index contributed by atoms with van der Waals surface area (Å²) in [7, 11) is 0. The number of aromatic nitrogens is 15. The Morgan fingerprint density at radius 2 is 0.378 bits per heavy atom. The summed E-state index contributed by atoms with van der Waals surface area (Å²) < 4.78 is 6.91. The molecule has 0 saturated carbocycles. The van der Waals surface area contributed by atoms with Crippen molar-refractivity contribution in [3.05, 3.63) is 480 Å². The van der Waals surface area contributed by atoms with E-state index in [1.165, 1.54) is 108 Å². The molecule has 143 heavy (non-hydrogen) atoms. The number of benzene rings is 20. The highest BCUT2D eigenvalue weighted by Gasteiger charge is 2.26. The van der Waals surface area contributed by atoms with Crippen LogP contribution in [0.15, 0.2) is 480 Å². The topological polar surface area (TPSA) is 169 Å². The van der Waals surface area contributed by atoms with Gasteiger partial charge in [-0.05, 0) is 159 Å². The van der Waals surface area contributed by atoms with Crippen molar-refractivity contribution >= 4 is 152 Å². The van der Waals surface area contributed by atoms with E-state index in [-0.39, 0.29) is 0 Å². The van der Waals surface area contributed by atoms with Crippen LogP contribution in [0.4, 0.5) is 0 Å². The van der Waals surface area contributed by atoms with E-state index in [1.54, 1.807) is 0 Å². The third-order valence-corrected chi connectivity index (χ3v) is 27.4. The molecule has 0 aliphatic rings. The molecule has 0 saturated heterocycles. The van der Waals surface area contributed by atoms with Crippen molar-refractivity contribution in [2.45, 2.75) is 0 Å². The predicted molar refractivity (Wildman–Crippen MR) is 585 cm³/mol. The molecule has 0 radical (unpaired) electrons. The summed E-state index contributed by atoms with van der Waals surface area (Å²) in [6.07, 6.45) is 7.53. The first-order valence-corrected chi connectivity index (χ1v) is 47.8. The average molecular weight is 1830 g/mol. The zero-order valence-corrected chi connectivity index (χ0v) is 76.8. The molecule has 0 aliphatic carbocycles. The zero-order valence-electron chi connectivity index (χ0n) is 76.8. The number of hydrogen-bond donors (Lipinski definition) is 0. The van der Waals surface area contributed by atoms with Gasteiger partial charge in [0.2, 0.25) is 0 Å². The standard InChI is InChI=1S/2C44H27N5.C40H25N5/c1-2-14-31(15-3-1)42-46-43(33-22-21-28-11-4-5-16-32(28)27-33)48-44(47-42)36-19-10-20-39(45-36)49-37-25-23-29-12-6-8-17-34(29)40(37)41-35-18-9-7-13-30(35)24-26-38(41)49;1-2-13-31(14-3-1)42-46-43(33-19-18-28-10-4-5-15-32(28)24-33)48-44(47-42)34-25-35(27-45-26-34)49-38-22-20-29-11-6-8-16-36(29)40(38)41-37-17-9-7-12-30(37)21-23-39(41)49;1-3-13-28(14-4-1)38-42-39(29-15-5-2-6-16-29)44-40(43-38)30-23-31(25-41-24-30)45-34-21-19-26-11-7-9-17-32(26)36(34)37-33-18-10-8-12-27(33)20-22-35(37)45/h2*1-27H;1-25H. The van der Waals surface area contributed by atoms with Gasteiger partial charge in [0.05, 0.1) is 56.9 Å². The van der Waals surface area contributed by atoms with Crippen molar-refractivity contribution in [3.63, 3.8) is 0 Å². The monoisotopic (exact) mass is 1830 g/mol. The predicted octanol–water partition coefficient (Wildman–Crippen LogP) is 31.3. The van der Waals surface area contributed by atoms with E-state index >= 15 is 0 Å². The van der Waals surface area contributed by atoms with Crippen LogP contribution in [-0.2, 0) is 0 Å². The Kier molecular flexibility index (Phi) is 20.2. The van der Waals surface area contributed by atoms with Crippen LogP contribution in [0.2, 0.25) is 0 Å². The molecule has 9 aromatic heterocycles. The van der Waals surface area contributed by atoms with Crippen molar-refractivity contribution < 1.29 is 0 Å². The summed E-state index contributed by atoms with van der Waals surface area (Å²) in [4.78, 5) is 59.6. The third-order valence-electron chi connectivity index (χ3n) is 27.4. The Morgan fingerprint density at radius 1 is 0.140 bits per heavy atom. The maximum absolute atomic E-state index is 5.28. The third kappa shape index (κ3) is 14.8. The summed E-state index contributed by atoms with van der Waals surface area (Å²) in [6.45, 7) is 0. The maximum atomic E-state index is 5.28. The van der Waals surface area contributed by atoms with Gasteiger partial charge >= 0.3 is 0 Å². The van der Waals surface area contributed by atoms with Crippen LogP contribution in [0.25, 0.3) is 271 Å². The van der Waals surface area contributed by atoms with E-state index in [0.717, 1.165) is 106 Å². The lowest BCUT2D eigenvalue weighted by molar-refractivity contribution is 1.03. The molecule has 0 fully saturated rings. The van der Waals surface area contributed by atoms with Crippen molar-refractivity contribution in [2.24, 2.45) is 0 Å². The minimum atomic E-state index is 0.524. The quantitative estimate of drug-likeness (QED) is 0.114. The lowest BCUT2D eigenvalue weighted by Crippen LogP contribution is -2.03. The van der Waals surface area contributed by atoms with E-state index in [9.17, 15) is 0 Å². The Bertz CT molecular complexity index is 9410. The molecule has 20 aromatic carbocycles. The van der Waals surface area contributed by atoms with Gasteiger partial charge in [-0.15, -0.1) is 0 Å². The minimum Gasteiger partial charge on any atom is -0.308 e.